The van der Waals surface area contributed by atoms with Gasteiger partial charge in [0.05, 0.1) is 12.2 Å². The van der Waals surface area contributed by atoms with E-state index in [2.05, 4.69) is 4.98 Å². The molecule has 0 aliphatic rings. The van der Waals surface area contributed by atoms with E-state index in [1.165, 1.54) is 0 Å². The third-order valence-corrected chi connectivity index (χ3v) is 3.51. The van der Waals surface area contributed by atoms with Crippen LogP contribution < -0.4 is 4.74 Å². The maximum absolute atomic E-state index is 12.8. The Kier molecular flexibility index (Phi) is 3.48. The van der Waals surface area contributed by atoms with E-state index in [-0.39, 0.29) is 5.78 Å². The van der Waals surface area contributed by atoms with Crippen LogP contribution in [-0.2, 0) is 0 Å². The second kappa shape index (κ2) is 5.44. The number of para-hydroxylation sites is 1. The maximum atomic E-state index is 12.8. The second-order valence-corrected chi connectivity index (χ2v) is 5.01. The van der Waals surface area contributed by atoms with Gasteiger partial charge in [0.15, 0.2) is 5.78 Å². The summed E-state index contributed by atoms with van der Waals surface area (Å²) in [5.74, 6) is 0.612. The van der Waals surface area contributed by atoms with E-state index < -0.39 is 0 Å². The summed E-state index contributed by atoms with van der Waals surface area (Å²) in [6.07, 6.45) is 1.77. The van der Waals surface area contributed by atoms with Crippen LogP contribution in [0.1, 0.15) is 28.4 Å². The number of benzene rings is 2. The minimum atomic E-state index is -0.0193. The monoisotopic (exact) mass is 279 g/mol. The van der Waals surface area contributed by atoms with E-state index in [1.54, 1.807) is 12.3 Å². The first-order valence-electron chi connectivity index (χ1n) is 7.05. The smallest absolute Gasteiger partial charge is 0.198 e. The standard InChI is InChI=1S/C18H17NO2/c1-3-21-17-7-5-4-6-14(17)18(20)15-11-19-16-10-12(2)8-9-13(15)16/h4-11,19H,3H2,1-2H3. The highest BCUT2D eigenvalue weighted by Gasteiger charge is 2.17. The van der Waals surface area contributed by atoms with Gasteiger partial charge in [-0.05, 0) is 37.6 Å². The number of fused-ring (bicyclic) bond motifs is 1. The summed E-state index contributed by atoms with van der Waals surface area (Å²) in [6, 6.07) is 13.4. The highest BCUT2D eigenvalue weighted by molar-refractivity contribution is 6.17. The van der Waals surface area contributed by atoms with E-state index in [0.717, 1.165) is 16.5 Å². The summed E-state index contributed by atoms with van der Waals surface area (Å²) < 4.78 is 5.56. The van der Waals surface area contributed by atoms with Crippen molar-refractivity contribution in [2.45, 2.75) is 13.8 Å². The Balaban J connectivity index is 2.09. The summed E-state index contributed by atoms with van der Waals surface area (Å²) in [5, 5.41) is 0.942. The van der Waals surface area contributed by atoms with Crippen molar-refractivity contribution in [3.63, 3.8) is 0 Å². The molecule has 0 spiro atoms. The van der Waals surface area contributed by atoms with Crippen molar-refractivity contribution in [1.29, 1.82) is 0 Å². The van der Waals surface area contributed by atoms with Crippen LogP contribution in [-0.4, -0.2) is 17.4 Å². The second-order valence-electron chi connectivity index (χ2n) is 5.01. The van der Waals surface area contributed by atoms with Crippen LogP contribution in [0.5, 0.6) is 5.75 Å². The molecule has 3 heteroatoms. The molecular weight excluding hydrogens is 262 g/mol. The average molecular weight is 279 g/mol. The fourth-order valence-electron chi connectivity index (χ4n) is 2.51. The lowest BCUT2D eigenvalue weighted by molar-refractivity contribution is 0.103. The van der Waals surface area contributed by atoms with E-state index in [9.17, 15) is 4.79 Å². The summed E-state index contributed by atoms with van der Waals surface area (Å²) >= 11 is 0. The Hall–Kier alpha value is -2.55. The molecule has 106 valence electrons. The number of aromatic nitrogens is 1. The largest absolute Gasteiger partial charge is 0.493 e. The summed E-state index contributed by atoms with van der Waals surface area (Å²) in [6.45, 7) is 4.49. The highest BCUT2D eigenvalue weighted by Crippen LogP contribution is 2.26. The molecule has 0 saturated carbocycles. The van der Waals surface area contributed by atoms with Crippen LogP contribution >= 0.6 is 0 Å². The highest BCUT2D eigenvalue weighted by atomic mass is 16.5. The number of nitrogens with one attached hydrogen (secondary N) is 1. The van der Waals surface area contributed by atoms with Gasteiger partial charge in [0.1, 0.15) is 5.75 Å². The van der Waals surface area contributed by atoms with E-state index in [0.29, 0.717) is 23.5 Å². The van der Waals surface area contributed by atoms with Gasteiger partial charge in [-0.1, -0.05) is 24.3 Å². The predicted molar refractivity (Wildman–Crippen MR) is 84.1 cm³/mol. The number of ketones is 1. The molecule has 2 aromatic carbocycles. The molecule has 1 N–H and O–H groups in total. The Labute approximate surface area is 123 Å². The topological polar surface area (TPSA) is 42.1 Å². The van der Waals surface area contributed by atoms with E-state index >= 15 is 0 Å². The van der Waals surface area contributed by atoms with Gasteiger partial charge in [-0.2, -0.15) is 0 Å². The van der Waals surface area contributed by atoms with Gasteiger partial charge in [0.25, 0.3) is 0 Å². The molecule has 0 radical (unpaired) electrons. The lowest BCUT2D eigenvalue weighted by Crippen LogP contribution is -2.04. The molecule has 3 aromatic rings. The molecule has 21 heavy (non-hydrogen) atoms. The fourth-order valence-corrected chi connectivity index (χ4v) is 2.51. The van der Waals surface area contributed by atoms with Crippen LogP contribution in [0.15, 0.2) is 48.7 Å². The molecule has 0 unspecified atom stereocenters. The van der Waals surface area contributed by atoms with Crippen LogP contribution in [0.4, 0.5) is 0 Å². The van der Waals surface area contributed by atoms with Crippen molar-refractivity contribution in [2.24, 2.45) is 0 Å². The zero-order valence-electron chi connectivity index (χ0n) is 12.1. The van der Waals surface area contributed by atoms with Crippen molar-refractivity contribution < 1.29 is 9.53 Å². The molecule has 3 nitrogen and oxygen atoms in total. The van der Waals surface area contributed by atoms with E-state index in [1.807, 2.05) is 50.2 Å². The predicted octanol–water partition coefficient (Wildman–Crippen LogP) is 4.11. The third-order valence-electron chi connectivity index (χ3n) is 3.51. The Morgan fingerprint density at radius 1 is 1.14 bits per heavy atom. The SMILES string of the molecule is CCOc1ccccc1C(=O)c1c[nH]c2cc(C)ccc12. The Morgan fingerprint density at radius 3 is 2.76 bits per heavy atom. The van der Waals surface area contributed by atoms with Crippen molar-refractivity contribution in [1.82, 2.24) is 4.98 Å². The molecule has 3 rings (SSSR count). The van der Waals surface area contributed by atoms with Crippen LogP contribution in [0.2, 0.25) is 0 Å². The van der Waals surface area contributed by atoms with Gasteiger partial charge in [-0.3, -0.25) is 4.79 Å². The number of aryl methyl sites for hydroxylation is 1. The molecule has 0 fully saturated rings. The lowest BCUT2D eigenvalue weighted by Gasteiger charge is -2.08. The maximum Gasteiger partial charge on any atom is 0.198 e. The molecule has 1 aromatic heterocycles. The molecule has 0 aliphatic heterocycles. The van der Waals surface area contributed by atoms with Gasteiger partial charge in [-0.15, -0.1) is 0 Å². The lowest BCUT2D eigenvalue weighted by atomic mass is 10.0. The number of hydrogen-bond donors (Lipinski definition) is 1. The van der Waals surface area contributed by atoms with Gasteiger partial charge in [-0.25, -0.2) is 0 Å². The third kappa shape index (κ3) is 2.42. The zero-order chi connectivity index (χ0) is 14.8. The number of ether oxygens (including phenoxy) is 1. The molecule has 0 aliphatic carbocycles. The number of rotatable bonds is 4. The first-order valence-corrected chi connectivity index (χ1v) is 7.05. The Bertz CT molecular complexity index is 802. The molecular formula is C18H17NO2. The normalized spacial score (nSPS) is 10.8. The van der Waals surface area contributed by atoms with Gasteiger partial charge in [0.2, 0.25) is 0 Å². The molecule has 0 atom stereocenters. The molecule has 0 saturated heterocycles. The van der Waals surface area contributed by atoms with Crippen molar-refractivity contribution in [3.8, 4) is 5.75 Å². The number of aromatic amines is 1. The molecule has 1 heterocycles. The number of carbonyl (C=O) groups is 1. The Morgan fingerprint density at radius 2 is 1.95 bits per heavy atom. The van der Waals surface area contributed by atoms with Crippen molar-refractivity contribution >= 4 is 16.7 Å². The number of carbonyl (C=O) groups excluding carboxylic acids is 1. The average Bonchev–Trinajstić information content (AvgIpc) is 2.90. The molecule has 0 bridgehead atoms. The first-order chi connectivity index (χ1) is 10.2. The summed E-state index contributed by atoms with van der Waals surface area (Å²) in [4.78, 5) is 16.0. The fraction of sp³-hybridized carbons (Fsp3) is 0.167. The van der Waals surface area contributed by atoms with Crippen molar-refractivity contribution in [2.75, 3.05) is 6.61 Å². The molecule has 0 amide bonds. The number of hydrogen-bond acceptors (Lipinski definition) is 2. The summed E-state index contributed by atoms with van der Waals surface area (Å²) in [5.41, 5.74) is 3.42. The van der Waals surface area contributed by atoms with Gasteiger partial charge < -0.3 is 9.72 Å². The number of H-pyrrole nitrogens is 1. The zero-order valence-corrected chi connectivity index (χ0v) is 12.1. The first kappa shape index (κ1) is 13.4. The van der Waals surface area contributed by atoms with Crippen LogP contribution in [0.3, 0.4) is 0 Å². The van der Waals surface area contributed by atoms with E-state index in [4.69, 9.17) is 4.74 Å². The van der Waals surface area contributed by atoms with Crippen LogP contribution in [0, 0.1) is 6.92 Å². The quantitative estimate of drug-likeness (QED) is 0.730. The minimum absolute atomic E-state index is 0.0193. The van der Waals surface area contributed by atoms with Gasteiger partial charge in [0, 0.05) is 22.7 Å². The van der Waals surface area contributed by atoms with Crippen molar-refractivity contribution in [3.05, 3.63) is 65.4 Å². The minimum Gasteiger partial charge on any atom is -0.493 e. The summed E-state index contributed by atoms with van der Waals surface area (Å²) in [7, 11) is 0. The van der Waals surface area contributed by atoms with Crippen LogP contribution in [0.25, 0.3) is 10.9 Å². The van der Waals surface area contributed by atoms with Gasteiger partial charge >= 0.3 is 0 Å².